The van der Waals surface area contributed by atoms with E-state index in [-0.39, 0.29) is 51.6 Å². The van der Waals surface area contributed by atoms with Gasteiger partial charge in [-0.15, -0.1) is 0 Å². The quantitative estimate of drug-likeness (QED) is 0.125. The molecule has 0 aliphatic carbocycles. The number of hydrogen-bond donors (Lipinski definition) is 1. The molecule has 0 radical (unpaired) electrons. The van der Waals surface area contributed by atoms with Crippen molar-refractivity contribution in [3.05, 3.63) is 47.0 Å². The molecule has 1 unspecified atom stereocenters. The van der Waals surface area contributed by atoms with Gasteiger partial charge in [0.2, 0.25) is 0 Å². The number of hydrogen-bond acceptors (Lipinski definition) is 6. The zero-order valence-corrected chi connectivity index (χ0v) is 23.0. The zero-order valence-electron chi connectivity index (χ0n) is 17.6. The van der Waals surface area contributed by atoms with E-state index in [2.05, 4.69) is 10.3 Å². The second-order valence-electron chi connectivity index (χ2n) is 7.06. The van der Waals surface area contributed by atoms with Crippen molar-refractivity contribution in [1.29, 1.82) is 5.26 Å². The third kappa shape index (κ3) is 6.67. The van der Waals surface area contributed by atoms with E-state index in [0.717, 1.165) is 34.4 Å². The molecule has 2 aromatic rings. The minimum Gasteiger partial charge on any atom is -0.271 e. The average Bonchev–Trinajstić information content (AvgIpc) is 2.77. The summed E-state index contributed by atoms with van der Waals surface area (Å²) < 4.78 is 63.4. The Bertz CT molecular complexity index is 1270. The number of benzene rings is 2. The number of alkyl halides is 3. The number of rotatable bonds is 5. The summed E-state index contributed by atoms with van der Waals surface area (Å²) in [7, 11) is -4.68. The van der Waals surface area contributed by atoms with Crippen LogP contribution < -0.4 is 5.32 Å². The lowest BCUT2D eigenvalue weighted by molar-refractivity contribution is 0.128. The SMILES string of the molecule is CSC(=Nc1cc(Cl)c(-c2ccc(S(=O)N3CCS(=O)(=O)CC3)cc2)c(C(F)(F)I)c1)NC#N. The Kier molecular flexibility index (Phi) is 8.96. The van der Waals surface area contributed by atoms with Gasteiger partial charge >= 0.3 is 3.93 Å². The highest BCUT2D eigenvalue weighted by molar-refractivity contribution is 14.1. The molecule has 0 aromatic heterocycles. The number of nitrogens with zero attached hydrogens (tertiary/aromatic N) is 3. The molecule has 7 nitrogen and oxygen atoms in total. The predicted octanol–water partition coefficient (Wildman–Crippen LogP) is 4.67. The van der Waals surface area contributed by atoms with E-state index in [1.807, 2.05) is 0 Å². The lowest BCUT2D eigenvalue weighted by Gasteiger charge is -2.25. The Balaban J connectivity index is 1.96. The highest BCUT2D eigenvalue weighted by Crippen LogP contribution is 2.46. The van der Waals surface area contributed by atoms with Crippen molar-refractivity contribution in [3.63, 3.8) is 0 Å². The van der Waals surface area contributed by atoms with E-state index >= 15 is 0 Å². The van der Waals surface area contributed by atoms with Gasteiger partial charge in [0, 0.05) is 46.8 Å². The lowest BCUT2D eigenvalue weighted by Crippen LogP contribution is -2.41. The Labute approximate surface area is 221 Å². The van der Waals surface area contributed by atoms with E-state index in [4.69, 9.17) is 16.9 Å². The van der Waals surface area contributed by atoms with Crippen LogP contribution in [0.2, 0.25) is 5.02 Å². The van der Waals surface area contributed by atoms with Gasteiger partial charge in [0.15, 0.2) is 21.2 Å². The minimum atomic E-state index is -3.27. The smallest absolute Gasteiger partial charge is 0.271 e. The summed E-state index contributed by atoms with van der Waals surface area (Å²) in [6.45, 7) is 0.322. The second-order valence-corrected chi connectivity index (χ2v) is 13.4. The molecule has 1 fully saturated rings. The Morgan fingerprint density at radius 2 is 1.91 bits per heavy atom. The minimum absolute atomic E-state index is 0.0418. The van der Waals surface area contributed by atoms with Crippen LogP contribution in [-0.4, -0.2) is 53.0 Å². The number of nitriles is 1. The van der Waals surface area contributed by atoms with Gasteiger partial charge in [-0.1, -0.05) is 35.5 Å². The molecule has 0 saturated carbocycles. The monoisotopic (exact) mass is 658 g/mol. The van der Waals surface area contributed by atoms with Gasteiger partial charge in [-0.05, 0) is 36.1 Å². The van der Waals surface area contributed by atoms with Gasteiger partial charge in [0.05, 0.1) is 27.1 Å². The summed E-state index contributed by atoms with van der Waals surface area (Å²) in [4.78, 5) is 4.60. The molecule has 2 aromatic carbocycles. The standard InChI is InChI=1S/C20H18ClF2IN4O3S3/c1-32-19(26-12-25)27-14-10-16(20(22,23)24)18(17(21)11-14)13-2-4-15(5-3-13)33(29)28-6-8-34(30,31)9-7-28/h2-5,10-11H,6-9H2,1H3,(H,26,27). The third-order valence-corrected chi connectivity index (χ3v) is 9.43. The predicted molar refractivity (Wildman–Crippen MR) is 141 cm³/mol. The molecule has 1 aliphatic rings. The summed E-state index contributed by atoms with van der Waals surface area (Å²) >= 11 is 8.57. The van der Waals surface area contributed by atoms with Crippen LogP contribution in [-0.2, 0) is 24.8 Å². The summed E-state index contributed by atoms with van der Waals surface area (Å²) in [5, 5.41) is 11.4. The van der Waals surface area contributed by atoms with Crippen LogP contribution in [0.3, 0.4) is 0 Å². The number of aliphatic imine (C=N–C) groups is 1. The fourth-order valence-corrected chi connectivity index (χ4v) is 6.92. The molecule has 0 amide bonds. The first kappa shape index (κ1) is 27.3. The van der Waals surface area contributed by atoms with Crippen molar-refractivity contribution in [2.24, 2.45) is 4.99 Å². The summed E-state index contributed by atoms with van der Waals surface area (Å²) in [5.41, 5.74) is 0.311. The highest BCUT2D eigenvalue weighted by atomic mass is 127. The normalized spacial score (nSPS) is 17.7. The lowest BCUT2D eigenvalue weighted by atomic mass is 9.99. The molecule has 34 heavy (non-hydrogen) atoms. The Hall–Kier alpha value is -1.31. The number of halogens is 4. The fourth-order valence-electron chi connectivity index (χ4n) is 3.21. The van der Waals surface area contributed by atoms with E-state index in [9.17, 15) is 21.4 Å². The molecule has 1 aliphatic heterocycles. The van der Waals surface area contributed by atoms with Crippen molar-refractivity contribution in [3.8, 4) is 17.3 Å². The maximum absolute atomic E-state index is 14.5. The average molecular weight is 659 g/mol. The van der Waals surface area contributed by atoms with Crippen molar-refractivity contribution in [2.45, 2.75) is 8.82 Å². The Morgan fingerprint density at radius 1 is 1.29 bits per heavy atom. The molecular formula is C20H18ClF2IN4O3S3. The van der Waals surface area contributed by atoms with Gasteiger partial charge in [-0.2, -0.15) is 14.0 Å². The van der Waals surface area contributed by atoms with Crippen molar-refractivity contribution in [2.75, 3.05) is 30.9 Å². The van der Waals surface area contributed by atoms with Gasteiger partial charge in [0.1, 0.15) is 11.0 Å². The Morgan fingerprint density at radius 3 is 2.44 bits per heavy atom. The molecule has 0 spiro atoms. The van der Waals surface area contributed by atoms with Gasteiger partial charge in [-0.25, -0.2) is 21.9 Å². The molecular weight excluding hydrogens is 641 g/mol. The zero-order chi connectivity index (χ0) is 25.1. The van der Waals surface area contributed by atoms with Crippen molar-refractivity contribution in [1.82, 2.24) is 9.62 Å². The largest absolute Gasteiger partial charge is 0.322 e. The van der Waals surface area contributed by atoms with Crippen molar-refractivity contribution >= 4 is 77.6 Å². The maximum Gasteiger partial charge on any atom is 0.322 e. The summed E-state index contributed by atoms with van der Waals surface area (Å²) in [5.74, 6) is -0.116. The van der Waals surface area contributed by atoms with Crippen LogP contribution >= 0.6 is 46.0 Å². The fraction of sp³-hybridized carbons (Fsp3) is 0.300. The summed E-state index contributed by atoms with van der Waals surface area (Å²) in [6.07, 6.45) is 3.42. The van der Waals surface area contributed by atoms with Gasteiger partial charge in [0.25, 0.3) is 0 Å². The molecule has 1 N–H and O–H groups in total. The number of nitrogens with one attached hydrogen (secondary N) is 1. The third-order valence-electron chi connectivity index (χ3n) is 4.85. The number of sulfone groups is 1. The van der Waals surface area contributed by atoms with Crippen molar-refractivity contribution < 1.29 is 21.4 Å². The van der Waals surface area contributed by atoms with Crippen LogP contribution in [0.4, 0.5) is 14.5 Å². The number of amidine groups is 1. The summed E-state index contributed by atoms with van der Waals surface area (Å²) in [6, 6.07) is 8.84. The maximum atomic E-state index is 14.5. The molecule has 1 heterocycles. The molecule has 14 heteroatoms. The second kappa shape index (κ2) is 11.2. The van der Waals surface area contributed by atoms with Gasteiger partial charge < -0.3 is 0 Å². The van der Waals surface area contributed by atoms with E-state index in [1.165, 1.54) is 12.1 Å². The molecule has 182 valence electrons. The van der Waals surface area contributed by atoms with E-state index in [0.29, 0.717) is 10.5 Å². The molecule has 3 rings (SSSR count). The molecule has 1 atom stereocenters. The number of thioether (sulfide) groups is 1. The molecule has 1 saturated heterocycles. The first-order chi connectivity index (χ1) is 15.9. The van der Waals surface area contributed by atoms with E-state index < -0.39 is 24.8 Å². The van der Waals surface area contributed by atoms with Gasteiger partial charge in [-0.3, -0.25) is 5.32 Å². The van der Waals surface area contributed by atoms with Crippen LogP contribution in [0.25, 0.3) is 11.1 Å². The first-order valence-electron chi connectivity index (χ1n) is 9.61. The van der Waals surface area contributed by atoms with Crippen LogP contribution in [0.1, 0.15) is 5.56 Å². The van der Waals surface area contributed by atoms with Crippen LogP contribution in [0, 0.1) is 11.5 Å². The van der Waals surface area contributed by atoms with E-state index in [1.54, 1.807) is 41.0 Å². The first-order valence-corrected chi connectivity index (χ1v) is 15.2. The van der Waals surface area contributed by atoms with Crippen LogP contribution in [0.5, 0.6) is 0 Å². The van der Waals surface area contributed by atoms with Crippen LogP contribution in [0.15, 0.2) is 46.3 Å². The highest BCUT2D eigenvalue weighted by Gasteiger charge is 2.32. The molecule has 0 bridgehead atoms. The topological polar surface area (TPSA) is 103 Å².